The third kappa shape index (κ3) is 5.95. The molecule has 0 fully saturated rings. The van der Waals surface area contributed by atoms with Gasteiger partial charge >= 0.3 is 6.09 Å². The largest absolute Gasteiger partial charge is 0.444 e. The summed E-state index contributed by atoms with van der Waals surface area (Å²) in [7, 11) is 0. The first kappa shape index (κ1) is 24.8. The van der Waals surface area contributed by atoms with Gasteiger partial charge in [-0.25, -0.2) is 4.79 Å². The van der Waals surface area contributed by atoms with Crippen molar-refractivity contribution >= 4 is 17.7 Å². The molecule has 5 nitrogen and oxygen atoms in total. The first-order chi connectivity index (χ1) is 15.2. The van der Waals surface area contributed by atoms with Gasteiger partial charge in [-0.3, -0.25) is 4.79 Å². The Morgan fingerprint density at radius 1 is 0.909 bits per heavy atom. The van der Waals surface area contributed by atoms with E-state index >= 15 is 0 Å². The van der Waals surface area contributed by atoms with Crippen LogP contribution in [0.25, 0.3) is 0 Å². The van der Waals surface area contributed by atoms with Crippen molar-refractivity contribution in [1.29, 1.82) is 0 Å². The van der Waals surface area contributed by atoms with Crippen molar-refractivity contribution < 1.29 is 14.3 Å². The van der Waals surface area contributed by atoms with E-state index in [0.717, 1.165) is 24.0 Å². The molecule has 0 heterocycles. The van der Waals surface area contributed by atoms with E-state index in [2.05, 4.69) is 50.5 Å². The van der Waals surface area contributed by atoms with E-state index in [1.807, 2.05) is 37.3 Å². The quantitative estimate of drug-likeness (QED) is 0.555. The number of carbonyl (C=O) groups is 2. The number of anilines is 1. The number of fused-ring (bicyclic) bond motifs is 1. The number of nitrogens with one attached hydrogen (secondary N) is 2. The van der Waals surface area contributed by atoms with Crippen molar-refractivity contribution in [2.24, 2.45) is 0 Å². The lowest BCUT2D eigenvalue weighted by atomic mass is 9.63. The van der Waals surface area contributed by atoms with E-state index in [1.165, 1.54) is 11.1 Å². The standard InChI is InChI=1S/C28H38N2O3/c1-18-9-12-20(13-10-18)29-24(31)23(30-25(32)33-26(2,3)4)19-11-14-21-22(17-19)28(7,8)16-15-27(21,5)6/h9-14,17,23H,15-16H2,1-8H3,(H,29,31)(H,30,32). The molecule has 1 atom stereocenters. The van der Waals surface area contributed by atoms with Crippen LogP contribution in [0.4, 0.5) is 10.5 Å². The fourth-order valence-corrected chi connectivity index (χ4v) is 4.36. The van der Waals surface area contributed by atoms with Crippen LogP contribution in [0.1, 0.15) is 89.6 Å². The molecule has 5 heteroatoms. The number of hydrogen-bond acceptors (Lipinski definition) is 3. The smallest absolute Gasteiger partial charge is 0.408 e. The minimum absolute atomic E-state index is 0.00916. The third-order valence-electron chi connectivity index (χ3n) is 6.45. The van der Waals surface area contributed by atoms with Crippen molar-refractivity contribution in [1.82, 2.24) is 5.32 Å². The van der Waals surface area contributed by atoms with Crippen LogP contribution >= 0.6 is 0 Å². The van der Waals surface area contributed by atoms with Gasteiger partial charge in [0.1, 0.15) is 11.6 Å². The summed E-state index contributed by atoms with van der Waals surface area (Å²) in [6, 6.07) is 12.9. The van der Waals surface area contributed by atoms with E-state index in [-0.39, 0.29) is 16.7 Å². The monoisotopic (exact) mass is 450 g/mol. The molecule has 2 aromatic carbocycles. The number of amides is 2. The number of carbonyl (C=O) groups excluding carboxylic acids is 2. The van der Waals surface area contributed by atoms with Gasteiger partial charge in [-0.2, -0.15) is 0 Å². The molecule has 1 aliphatic carbocycles. The molecular formula is C28H38N2O3. The molecule has 0 saturated heterocycles. The van der Waals surface area contributed by atoms with Crippen LogP contribution in [-0.2, 0) is 20.4 Å². The number of aryl methyl sites for hydroxylation is 1. The number of hydrogen-bond donors (Lipinski definition) is 2. The molecule has 2 aromatic rings. The normalized spacial score (nSPS) is 17.5. The lowest BCUT2D eigenvalue weighted by molar-refractivity contribution is -0.118. The summed E-state index contributed by atoms with van der Waals surface area (Å²) in [6.07, 6.45) is 1.56. The van der Waals surface area contributed by atoms with Gasteiger partial charge in [0.05, 0.1) is 0 Å². The molecule has 1 aliphatic rings. The molecule has 2 N–H and O–H groups in total. The maximum Gasteiger partial charge on any atom is 0.408 e. The van der Waals surface area contributed by atoms with Gasteiger partial charge < -0.3 is 15.4 Å². The summed E-state index contributed by atoms with van der Waals surface area (Å²) in [6.45, 7) is 16.4. The van der Waals surface area contributed by atoms with Gasteiger partial charge in [0.15, 0.2) is 0 Å². The van der Waals surface area contributed by atoms with Crippen molar-refractivity contribution in [2.75, 3.05) is 5.32 Å². The lowest BCUT2D eigenvalue weighted by Gasteiger charge is -2.42. The molecule has 0 aromatic heterocycles. The Kier molecular flexibility index (Phi) is 6.65. The molecule has 0 spiro atoms. The highest BCUT2D eigenvalue weighted by Gasteiger charge is 2.38. The first-order valence-corrected chi connectivity index (χ1v) is 11.7. The predicted molar refractivity (Wildman–Crippen MR) is 134 cm³/mol. The summed E-state index contributed by atoms with van der Waals surface area (Å²) >= 11 is 0. The maximum atomic E-state index is 13.4. The number of alkyl carbamates (subject to hydrolysis) is 1. The van der Waals surface area contributed by atoms with Gasteiger partial charge in [-0.15, -0.1) is 0 Å². The van der Waals surface area contributed by atoms with Crippen LogP contribution in [0, 0.1) is 6.92 Å². The second kappa shape index (κ2) is 8.85. The van der Waals surface area contributed by atoms with E-state index in [4.69, 9.17) is 4.74 Å². The SMILES string of the molecule is Cc1ccc(NC(=O)C(NC(=O)OC(C)(C)C)c2ccc3c(c2)C(C)(C)CCC3(C)C)cc1. The van der Waals surface area contributed by atoms with Crippen LogP contribution in [0.5, 0.6) is 0 Å². The predicted octanol–water partition coefficient (Wildman–Crippen LogP) is 6.55. The van der Waals surface area contributed by atoms with Gasteiger partial charge in [-0.05, 0) is 80.2 Å². The summed E-state index contributed by atoms with van der Waals surface area (Å²) in [5.41, 5.74) is 4.47. The van der Waals surface area contributed by atoms with E-state index in [0.29, 0.717) is 5.69 Å². The Bertz CT molecular complexity index is 1030. The molecular weight excluding hydrogens is 412 g/mol. The Morgan fingerprint density at radius 2 is 1.48 bits per heavy atom. The Balaban J connectivity index is 1.99. The fraction of sp³-hybridized carbons (Fsp3) is 0.500. The van der Waals surface area contributed by atoms with Gasteiger partial charge in [0.25, 0.3) is 5.91 Å². The fourth-order valence-electron chi connectivity index (χ4n) is 4.36. The number of rotatable bonds is 4. The van der Waals surface area contributed by atoms with Crippen LogP contribution in [0.15, 0.2) is 42.5 Å². The van der Waals surface area contributed by atoms with E-state index < -0.39 is 17.7 Å². The zero-order valence-corrected chi connectivity index (χ0v) is 21.3. The first-order valence-electron chi connectivity index (χ1n) is 11.7. The van der Waals surface area contributed by atoms with Crippen molar-refractivity contribution in [2.45, 2.75) is 90.7 Å². The molecule has 1 unspecified atom stereocenters. The van der Waals surface area contributed by atoms with E-state index in [1.54, 1.807) is 20.8 Å². The molecule has 0 bridgehead atoms. The summed E-state index contributed by atoms with van der Waals surface area (Å²) in [4.78, 5) is 26.0. The molecule has 2 amide bonds. The van der Waals surface area contributed by atoms with Crippen LogP contribution < -0.4 is 10.6 Å². The zero-order valence-electron chi connectivity index (χ0n) is 21.3. The summed E-state index contributed by atoms with van der Waals surface area (Å²) < 4.78 is 5.46. The molecule has 33 heavy (non-hydrogen) atoms. The molecule has 3 rings (SSSR count). The van der Waals surface area contributed by atoms with Crippen molar-refractivity contribution in [3.05, 3.63) is 64.7 Å². The third-order valence-corrected chi connectivity index (χ3v) is 6.45. The van der Waals surface area contributed by atoms with Crippen molar-refractivity contribution in [3.63, 3.8) is 0 Å². The minimum atomic E-state index is -0.882. The lowest BCUT2D eigenvalue weighted by Crippen LogP contribution is -2.40. The maximum absolute atomic E-state index is 13.4. The number of ether oxygens (including phenoxy) is 1. The highest BCUT2D eigenvalue weighted by molar-refractivity contribution is 5.97. The van der Waals surface area contributed by atoms with Gasteiger partial charge in [0, 0.05) is 5.69 Å². The van der Waals surface area contributed by atoms with E-state index in [9.17, 15) is 9.59 Å². The zero-order chi connectivity index (χ0) is 24.6. The van der Waals surface area contributed by atoms with Crippen molar-refractivity contribution in [3.8, 4) is 0 Å². The highest BCUT2D eigenvalue weighted by Crippen LogP contribution is 2.46. The average Bonchev–Trinajstić information content (AvgIpc) is 2.70. The Labute approximate surface area is 198 Å². The Hall–Kier alpha value is -2.82. The van der Waals surface area contributed by atoms with Crippen LogP contribution in [-0.4, -0.2) is 17.6 Å². The molecule has 0 saturated carbocycles. The van der Waals surface area contributed by atoms with Crippen LogP contribution in [0.2, 0.25) is 0 Å². The van der Waals surface area contributed by atoms with Gasteiger partial charge in [-0.1, -0.05) is 63.6 Å². The van der Waals surface area contributed by atoms with Gasteiger partial charge in [0.2, 0.25) is 0 Å². The second-order valence-corrected chi connectivity index (χ2v) is 11.5. The highest BCUT2D eigenvalue weighted by atomic mass is 16.6. The molecule has 0 radical (unpaired) electrons. The van der Waals surface area contributed by atoms with Crippen LogP contribution in [0.3, 0.4) is 0 Å². The number of benzene rings is 2. The summed E-state index contributed by atoms with van der Waals surface area (Å²) in [5, 5.41) is 5.75. The minimum Gasteiger partial charge on any atom is -0.444 e. The molecule has 0 aliphatic heterocycles. The molecule has 178 valence electrons. The summed E-state index contributed by atoms with van der Waals surface area (Å²) in [5.74, 6) is -0.308. The second-order valence-electron chi connectivity index (χ2n) is 11.5. The average molecular weight is 451 g/mol. The Morgan fingerprint density at radius 3 is 2.06 bits per heavy atom. The topological polar surface area (TPSA) is 67.4 Å².